The summed E-state index contributed by atoms with van der Waals surface area (Å²) in [7, 11) is -2.17. The minimum absolute atomic E-state index is 0.0670. The van der Waals surface area contributed by atoms with Gasteiger partial charge in [-0.1, -0.05) is 23.7 Å². The van der Waals surface area contributed by atoms with Gasteiger partial charge in [-0.15, -0.1) is 0 Å². The fourth-order valence-electron chi connectivity index (χ4n) is 2.85. The third-order valence-corrected chi connectivity index (χ3v) is 6.24. The fourth-order valence-corrected chi connectivity index (χ4v) is 4.04. The van der Waals surface area contributed by atoms with Crippen molar-refractivity contribution in [3.63, 3.8) is 0 Å². The Morgan fingerprint density at radius 1 is 0.938 bits per heavy atom. The first-order valence-electron chi connectivity index (χ1n) is 9.71. The van der Waals surface area contributed by atoms with Crippen LogP contribution in [0.25, 0.3) is 0 Å². The first kappa shape index (κ1) is 23.4. The van der Waals surface area contributed by atoms with Crippen LogP contribution in [0.1, 0.15) is 18.5 Å². The number of nitrogens with one attached hydrogen (secondary N) is 2. The molecule has 0 fully saturated rings. The van der Waals surface area contributed by atoms with E-state index >= 15 is 0 Å². The van der Waals surface area contributed by atoms with Gasteiger partial charge in [-0.25, -0.2) is 8.42 Å². The molecule has 0 bridgehead atoms. The van der Waals surface area contributed by atoms with Gasteiger partial charge in [0.25, 0.3) is 15.9 Å². The monoisotopic (exact) mass is 474 g/mol. The number of rotatable bonds is 9. The summed E-state index contributed by atoms with van der Waals surface area (Å²) in [5, 5.41) is 3.36. The Morgan fingerprint density at radius 2 is 1.53 bits per heavy atom. The molecule has 9 heteroatoms. The maximum Gasteiger partial charge on any atom is 0.261 e. The lowest BCUT2D eigenvalue weighted by Gasteiger charge is -2.15. The normalized spacial score (nSPS) is 12.0. The maximum absolute atomic E-state index is 12.5. The summed E-state index contributed by atoms with van der Waals surface area (Å²) in [6.45, 7) is 1.67. The van der Waals surface area contributed by atoms with Crippen molar-refractivity contribution in [2.45, 2.75) is 17.9 Å². The zero-order valence-electron chi connectivity index (χ0n) is 17.5. The summed E-state index contributed by atoms with van der Waals surface area (Å²) in [5.41, 5.74) is 1.33. The largest absolute Gasteiger partial charge is 0.497 e. The van der Waals surface area contributed by atoms with Gasteiger partial charge >= 0.3 is 0 Å². The highest BCUT2D eigenvalue weighted by atomic mass is 35.5. The average Bonchev–Trinajstić information content (AvgIpc) is 2.79. The standard InChI is InChI=1S/C23H23ClN2O5S/c1-16(17-3-9-20(30-2)10-4-17)25-23(27)15-31-21-11-13-22(14-12-21)32(28,29)26-19-7-5-18(24)6-8-19/h3-14,16,26H,15H2,1-2H3,(H,25,27)/t16-/m1/s1. The van der Waals surface area contributed by atoms with Crippen molar-refractivity contribution >= 4 is 33.2 Å². The van der Waals surface area contributed by atoms with Gasteiger partial charge in [-0.05, 0) is 73.2 Å². The molecule has 0 aliphatic rings. The Kier molecular flexibility index (Phi) is 7.61. The summed E-state index contributed by atoms with van der Waals surface area (Å²) in [6, 6.07) is 19.3. The van der Waals surface area contributed by atoms with Crippen molar-refractivity contribution in [3.8, 4) is 11.5 Å². The van der Waals surface area contributed by atoms with Crippen LogP contribution in [-0.4, -0.2) is 28.0 Å². The van der Waals surface area contributed by atoms with Gasteiger partial charge in [-0.2, -0.15) is 0 Å². The molecule has 3 aromatic carbocycles. The van der Waals surface area contributed by atoms with Crippen molar-refractivity contribution in [1.29, 1.82) is 0 Å². The molecule has 0 spiro atoms. The smallest absolute Gasteiger partial charge is 0.261 e. The maximum atomic E-state index is 12.5. The number of hydrogen-bond acceptors (Lipinski definition) is 5. The molecule has 0 radical (unpaired) electrons. The minimum Gasteiger partial charge on any atom is -0.497 e. The SMILES string of the molecule is COc1ccc([C@@H](C)NC(=O)COc2ccc(S(=O)(=O)Nc3ccc(Cl)cc3)cc2)cc1. The van der Waals surface area contributed by atoms with Crippen LogP contribution in [0.3, 0.4) is 0 Å². The predicted molar refractivity (Wildman–Crippen MR) is 124 cm³/mol. The molecule has 3 rings (SSSR count). The van der Waals surface area contributed by atoms with Crippen LogP contribution in [0, 0.1) is 0 Å². The van der Waals surface area contributed by atoms with E-state index in [4.69, 9.17) is 21.1 Å². The van der Waals surface area contributed by atoms with Gasteiger partial charge in [0.1, 0.15) is 11.5 Å². The van der Waals surface area contributed by atoms with Gasteiger partial charge in [0, 0.05) is 10.7 Å². The zero-order valence-corrected chi connectivity index (χ0v) is 19.1. The summed E-state index contributed by atoms with van der Waals surface area (Å²) in [5.74, 6) is 0.821. The summed E-state index contributed by atoms with van der Waals surface area (Å²) < 4.78 is 38.1. The van der Waals surface area contributed by atoms with Crippen molar-refractivity contribution < 1.29 is 22.7 Å². The number of anilines is 1. The van der Waals surface area contributed by atoms with Crippen LogP contribution in [0.2, 0.25) is 5.02 Å². The average molecular weight is 475 g/mol. The van der Waals surface area contributed by atoms with Gasteiger partial charge in [-0.3, -0.25) is 9.52 Å². The second kappa shape index (κ2) is 10.4. The van der Waals surface area contributed by atoms with E-state index in [1.165, 1.54) is 24.3 Å². The van der Waals surface area contributed by atoms with Crippen molar-refractivity contribution in [3.05, 3.63) is 83.4 Å². The second-order valence-electron chi connectivity index (χ2n) is 6.93. The molecule has 1 amide bonds. The molecule has 0 aliphatic heterocycles. The molecule has 32 heavy (non-hydrogen) atoms. The van der Waals surface area contributed by atoms with Crippen molar-refractivity contribution in [2.24, 2.45) is 0 Å². The van der Waals surface area contributed by atoms with Gasteiger partial charge in [0.05, 0.1) is 18.0 Å². The van der Waals surface area contributed by atoms with Crippen molar-refractivity contribution in [1.82, 2.24) is 5.32 Å². The topological polar surface area (TPSA) is 93.7 Å². The highest BCUT2D eigenvalue weighted by molar-refractivity contribution is 7.92. The zero-order chi connectivity index (χ0) is 23.1. The lowest BCUT2D eigenvalue weighted by atomic mass is 10.1. The number of carbonyl (C=O) groups excluding carboxylic acids is 1. The number of hydrogen-bond donors (Lipinski definition) is 2. The predicted octanol–water partition coefficient (Wildman–Crippen LogP) is 4.41. The van der Waals surface area contributed by atoms with Crippen LogP contribution < -0.4 is 19.5 Å². The van der Waals surface area contributed by atoms with E-state index in [1.54, 1.807) is 31.4 Å². The minimum atomic E-state index is -3.76. The third-order valence-electron chi connectivity index (χ3n) is 4.59. The van der Waals surface area contributed by atoms with Crippen LogP contribution in [-0.2, 0) is 14.8 Å². The molecule has 0 aromatic heterocycles. The van der Waals surface area contributed by atoms with Gasteiger partial charge in [0.2, 0.25) is 0 Å². The number of methoxy groups -OCH3 is 1. The first-order valence-corrected chi connectivity index (χ1v) is 11.6. The van der Waals surface area contributed by atoms with E-state index in [2.05, 4.69) is 10.0 Å². The van der Waals surface area contributed by atoms with Crippen LogP contribution in [0.15, 0.2) is 77.7 Å². The van der Waals surface area contributed by atoms with Crippen LogP contribution >= 0.6 is 11.6 Å². The highest BCUT2D eigenvalue weighted by Crippen LogP contribution is 2.21. The molecule has 3 aromatic rings. The Hall–Kier alpha value is -3.23. The molecule has 0 unspecified atom stereocenters. The first-order chi connectivity index (χ1) is 15.3. The molecule has 1 atom stereocenters. The van der Waals surface area contributed by atoms with Gasteiger partial charge < -0.3 is 14.8 Å². The summed E-state index contributed by atoms with van der Waals surface area (Å²) in [6.07, 6.45) is 0. The Labute approximate surface area is 192 Å². The number of amides is 1. The molecule has 2 N–H and O–H groups in total. The molecule has 7 nitrogen and oxygen atoms in total. The van der Waals surface area contributed by atoms with E-state index in [9.17, 15) is 13.2 Å². The number of benzene rings is 3. The Balaban J connectivity index is 1.53. The van der Waals surface area contributed by atoms with Crippen LogP contribution in [0.5, 0.6) is 11.5 Å². The Morgan fingerprint density at radius 3 is 2.12 bits per heavy atom. The number of carbonyl (C=O) groups is 1. The molecule has 168 valence electrons. The van der Waals surface area contributed by atoms with E-state index < -0.39 is 10.0 Å². The molecule has 0 saturated heterocycles. The number of ether oxygens (including phenoxy) is 2. The molecular formula is C23H23ClN2O5S. The van der Waals surface area contributed by atoms with E-state index in [0.29, 0.717) is 16.5 Å². The number of halogens is 1. The third kappa shape index (κ3) is 6.38. The quantitative estimate of drug-likeness (QED) is 0.479. The summed E-state index contributed by atoms with van der Waals surface area (Å²) >= 11 is 5.82. The van der Waals surface area contributed by atoms with E-state index in [-0.39, 0.29) is 23.5 Å². The molecule has 0 heterocycles. The second-order valence-corrected chi connectivity index (χ2v) is 9.05. The molecular weight excluding hydrogens is 452 g/mol. The van der Waals surface area contributed by atoms with Gasteiger partial charge in [0.15, 0.2) is 6.61 Å². The molecule has 0 aliphatic carbocycles. The number of sulfonamides is 1. The Bertz CT molecular complexity index is 1150. The lowest BCUT2D eigenvalue weighted by Crippen LogP contribution is -2.31. The summed E-state index contributed by atoms with van der Waals surface area (Å²) in [4.78, 5) is 12.3. The van der Waals surface area contributed by atoms with E-state index in [0.717, 1.165) is 11.3 Å². The van der Waals surface area contributed by atoms with Crippen molar-refractivity contribution in [2.75, 3.05) is 18.4 Å². The highest BCUT2D eigenvalue weighted by Gasteiger charge is 2.15. The molecule has 0 saturated carbocycles. The van der Waals surface area contributed by atoms with Crippen LogP contribution in [0.4, 0.5) is 5.69 Å². The fraction of sp³-hybridized carbons (Fsp3) is 0.174. The van der Waals surface area contributed by atoms with E-state index in [1.807, 2.05) is 31.2 Å². The lowest BCUT2D eigenvalue weighted by molar-refractivity contribution is -0.123.